The van der Waals surface area contributed by atoms with Crippen LogP contribution in [-0.4, -0.2) is 16.2 Å². The predicted octanol–water partition coefficient (Wildman–Crippen LogP) is 3.32. The van der Waals surface area contributed by atoms with Crippen molar-refractivity contribution < 1.29 is 4.52 Å². The second-order valence-corrected chi connectivity index (χ2v) is 4.77. The highest BCUT2D eigenvalue weighted by atomic mass is 35.5. The zero-order valence-corrected chi connectivity index (χ0v) is 11.4. The molecule has 1 atom stereocenters. The Hall–Kier alpha value is -1.10. The van der Waals surface area contributed by atoms with Crippen molar-refractivity contribution in [1.29, 1.82) is 0 Å². The number of nitrogens with zero attached hydrogens (tertiary/aromatic N) is 2. The Balaban J connectivity index is 2.27. The number of nitrogens with two attached hydrogens (primary N) is 1. The molecule has 0 saturated carbocycles. The fourth-order valence-electron chi connectivity index (χ4n) is 1.49. The smallest absolute Gasteiger partial charge is 0.259 e. The van der Waals surface area contributed by atoms with Crippen molar-refractivity contribution in [2.24, 2.45) is 5.73 Å². The zero-order chi connectivity index (χ0) is 13.1. The molecule has 2 aromatic rings. The van der Waals surface area contributed by atoms with E-state index in [0.717, 1.165) is 6.42 Å². The van der Waals surface area contributed by atoms with Crippen LogP contribution < -0.4 is 5.73 Å². The van der Waals surface area contributed by atoms with Crippen LogP contribution in [0.15, 0.2) is 22.7 Å². The van der Waals surface area contributed by atoms with Crippen molar-refractivity contribution >= 4 is 23.2 Å². The van der Waals surface area contributed by atoms with Crippen molar-refractivity contribution in [3.63, 3.8) is 0 Å². The van der Waals surface area contributed by atoms with Crippen LogP contribution in [0.3, 0.4) is 0 Å². The maximum Gasteiger partial charge on any atom is 0.259 e. The first-order chi connectivity index (χ1) is 8.61. The van der Waals surface area contributed by atoms with Gasteiger partial charge < -0.3 is 10.3 Å². The third-order valence-corrected chi connectivity index (χ3v) is 3.44. The molecule has 96 valence electrons. The summed E-state index contributed by atoms with van der Waals surface area (Å²) in [6, 6.07) is 5.30. The largest absolute Gasteiger partial charge is 0.334 e. The van der Waals surface area contributed by atoms with E-state index in [1.807, 2.05) is 6.92 Å². The monoisotopic (exact) mass is 285 g/mol. The molecule has 0 saturated heterocycles. The standard InChI is InChI=1S/C12H13Cl2N3O/c1-2-7(15)6-10-16-12(18-17-10)8-4-3-5-9(13)11(8)14/h3-5,7H,2,6,15H2,1H3. The Morgan fingerprint density at radius 3 is 2.89 bits per heavy atom. The number of benzene rings is 1. The molecule has 1 heterocycles. The van der Waals surface area contributed by atoms with Gasteiger partial charge in [0.15, 0.2) is 5.82 Å². The molecular formula is C12H13Cl2N3O. The normalized spacial score (nSPS) is 12.7. The molecule has 4 nitrogen and oxygen atoms in total. The van der Waals surface area contributed by atoms with E-state index in [1.165, 1.54) is 0 Å². The number of hydrogen-bond acceptors (Lipinski definition) is 4. The lowest BCUT2D eigenvalue weighted by molar-refractivity contribution is 0.419. The molecule has 0 amide bonds. The highest BCUT2D eigenvalue weighted by Crippen LogP contribution is 2.32. The van der Waals surface area contributed by atoms with Crippen LogP contribution in [0, 0.1) is 0 Å². The van der Waals surface area contributed by atoms with Crippen LogP contribution in [0.1, 0.15) is 19.2 Å². The molecule has 0 bridgehead atoms. The van der Waals surface area contributed by atoms with Gasteiger partial charge in [0.25, 0.3) is 5.89 Å². The fourth-order valence-corrected chi connectivity index (χ4v) is 1.88. The molecule has 1 unspecified atom stereocenters. The lowest BCUT2D eigenvalue weighted by Gasteiger charge is -2.02. The molecule has 6 heteroatoms. The number of hydrogen-bond donors (Lipinski definition) is 1. The summed E-state index contributed by atoms with van der Waals surface area (Å²) < 4.78 is 5.17. The Bertz CT molecular complexity index is 542. The van der Waals surface area contributed by atoms with Crippen molar-refractivity contribution in [3.05, 3.63) is 34.1 Å². The summed E-state index contributed by atoms with van der Waals surface area (Å²) in [5, 5.41) is 4.75. The van der Waals surface area contributed by atoms with Gasteiger partial charge >= 0.3 is 0 Å². The summed E-state index contributed by atoms with van der Waals surface area (Å²) in [4.78, 5) is 4.27. The summed E-state index contributed by atoms with van der Waals surface area (Å²) in [6.07, 6.45) is 1.44. The van der Waals surface area contributed by atoms with E-state index < -0.39 is 0 Å². The molecule has 18 heavy (non-hydrogen) atoms. The molecule has 0 aliphatic rings. The van der Waals surface area contributed by atoms with Gasteiger partial charge in [-0.15, -0.1) is 0 Å². The second-order valence-electron chi connectivity index (χ2n) is 3.99. The highest BCUT2D eigenvalue weighted by molar-refractivity contribution is 6.43. The lowest BCUT2D eigenvalue weighted by atomic mass is 10.1. The topological polar surface area (TPSA) is 64.9 Å². The van der Waals surface area contributed by atoms with Crippen LogP contribution in [-0.2, 0) is 6.42 Å². The molecule has 1 aromatic heterocycles. The summed E-state index contributed by atoms with van der Waals surface area (Å²) in [5.41, 5.74) is 6.47. The van der Waals surface area contributed by atoms with Gasteiger partial charge in [0.05, 0.1) is 15.6 Å². The zero-order valence-electron chi connectivity index (χ0n) is 9.86. The van der Waals surface area contributed by atoms with Crippen LogP contribution >= 0.6 is 23.2 Å². The highest BCUT2D eigenvalue weighted by Gasteiger charge is 2.15. The molecular weight excluding hydrogens is 273 g/mol. The van der Waals surface area contributed by atoms with Gasteiger partial charge in [-0.1, -0.05) is 41.3 Å². The van der Waals surface area contributed by atoms with Crippen LogP contribution in [0.2, 0.25) is 10.0 Å². The molecule has 0 spiro atoms. The first-order valence-corrected chi connectivity index (χ1v) is 6.40. The maximum absolute atomic E-state index is 6.09. The molecule has 0 aliphatic carbocycles. The number of aromatic nitrogens is 2. The third kappa shape index (κ3) is 2.83. The van der Waals surface area contributed by atoms with Gasteiger partial charge in [0.1, 0.15) is 0 Å². The van der Waals surface area contributed by atoms with E-state index in [0.29, 0.717) is 33.7 Å². The van der Waals surface area contributed by atoms with Gasteiger partial charge in [0.2, 0.25) is 0 Å². The predicted molar refractivity (Wildman–Crippen MR) is 71.7 cm³/mol. The Labute approximate surface area is 115 Å². The molecule has 1 aromatic carbocycles. The average molecular weight is 286 g/mol. The van der Waals surface area contributed by atoms with Gasteiger partial charge in [-0.05, 0) is 18.6 Å². The number of halogens is 2. The van der Waals surface area contributed by atoms with Crippen LogP contribution in [0.25, 0.3) is 11.5 Å². The average Bonchev–Trinajstić information content (AvgIpc) is 2.80. The Morgan fingerprint density at radius 1 is 1.39 bits per heavy atom. The minimum Gasteiger partial charge on any atom is -0.334 e. The summed E-state index contributed by atoms with van der Waals surface area (Å²) in [7, 11) is 0. The van der Waals surface area contributed by atoms with Crippen molar-refractivity contribution in [2.45, 2.75) is 25.8 Å². The third-order valence-electron chi connectivity index (χ3n) is 2.62. The van der Waals surface area contributed by atoms with Crippen LogP contribution in [0.5, 0.6) is 0 Å². The van der Waals surface area contributed by atoms with E-state index in [9.17, 15) is 0 Å². The molecule has 2 N–H and O–H groups in total. The summed E-state index contributed by atoms with van der Waals surface area (Å²) in [6.45, 7) is 2.01. The SMILES string of the molecule is CCC(N)Cc1noc(-c2cccc(Cl)c2Cl)n1. The number of rotatable bonds is 4. The first-order valence-electron chi connectivity index (χ1n) is 5.64. The molecule has 0 radical (unpaired) electrons. The first kappa shape index (κ1) is 13.3. The molecule has 2 rings (SSSR count). The maximum atomic E-state index is 6.09. The minimum absolute atomic E-state index is 0.0327. The van der Waals surface area contributed by atoms with Gasteiger partial charge in [0, 0.05) is 12.5 Å². The van der Waals surface area contributed by atoms with E-state index in [-0.39, 0.29) is 6.04 Å². The summed E-state index contributed by atoms with van der Waals surface area (Å²) >= 11 is 12.0. The second kappa shape index (κ2) is 5.69. The van der Waals surface area contributed by atoms with E-state index in [4.69, 9.17) is 33.5 Å². The van der Waals surface area contributed by atoms with E-state index >= 15 is 0 Å². The quantitative estimate of drug-likeness (QED) is 0.936. The van der Waals surface area contributed by atoms with Crippen molar-refractivity contribution in [3.8, 4) is 11.5 Å². The minimum atomic E-state index is 0.0327. The van der Waals surface area contributed by atoms with E-state index in [1.54, 1.807) is 18.2 Å². The van der Waals surface area contributed by atoms with Crippen molar-refractivity contribution in [2.75, 3.05) is 0 Å². The van der Waals surface area contributed by atoms with Gasteiger partial charge in [-0.2, -0.15) is 4.98 Å². The summed E-state index contributed by atoms with van der Waals surface area (Å²) in [5.74, 6) is 0.941. The van der Waals surface area contributed by atoms with Crippen molar-refractivity contribution in [1.82, 2.24) is 10.1 Å². The lowest BCUT2D eigenvalue weighted by Crippen LogP contribution is -2.21. The Kier molecular flexibility index (Phi) is 4.22. The Morgan fingerprint density at radius 2 is 2.17 bits per heavy atom. The van der Waals surface area contributed by atoms with Gasteiger partial charge in [-0.3, -0.25) is 0 Å². The molecule has 0 fully saturated rings. The van der Waals surface area contributed by atoms with Crippen LogP contribution in [0.4, 0.5) is 0 Å². The fraction of sp³-hybridized carbons (Fsp3) is 0.333. The van der Waals surface area contributed by atoms with E-state index in [2.05, 4.69) is 10.1 Å². The molecule has 0 aliphatic heterocycles. The van der Waals surface area contributed by atoms with Gasteiger partial charge in [-0.25, -0.2) is 0 Å².